The lowest BCUT2D eigenvalue weighted by Crippen LogP contribution is -2.19. The van der Waals surface area contributed by atoms with Crippen molar-refractivity contribution < 1.29 is 19.7 Å². The molecule has 1 amide bonds. The third kappa shape index (κ3) is 5.27. The zero-order chi connectivity index (χ0) is 22.5. The van der Waals surface area contributed by atoms with Gasteiger partial charge in [-0.1, -0.05) is 28.1 Å². The molecule has 3 aromatic rings. The normalized spacial score (nSPS) is 10.9. The van der Waals surface area contributed by atoms with E-state index in [1.54, 1.807) is 24.3 Å². The summed E-state index contributed by atoms with van der Waals surface area (Å²) in [7, 11) is 0. The van der Waals surface area contributed by atoms with Crippen LogP contribution >= 0.6 is 15.9 Å². The van der Waals surface area contributed by atoms with Crippen LogP contribution in [-0.2, 0) is 6.54 Å². The molecule has 2 N–H and O–H groups in total. The number of non-ortho nitro benzene ring substituents is 1. The van der Waals surface area contributed by atoms with E-state index in [4.69, 9.17) is 0 Å². The molecular weight excluding hydrogens is 476 g/mol. The highest BCUT2D eigenvalue weighted by Gasteiger charge is 2.25. The zero-order valence-electron chi connectivity index (χ0n) is 15.5. The number of nitrogens with one attached hydrogen (secondary N) is 1. The van der Waals surface area contributed by atoms with Gasteiger partial charge in [-0.2, -0.15) is 10.2 Å². The van der Waals surface area contributed by atoms with Gasteiger partial charge in [-0.25, -0.2) is 5.43 Å². The number of nitro groups is 2. The molecule has 1 heterocycles. The molecule has 0 atom stereocenters. The number of amides is 1. The molecule has 0 saturated heterocycles. The number of rotatable bonds is 7. The molecule has 0 bridgehead atoms. The highest BCUT2D eigenvalue weighted by molar-refractivity contribution is 9.10. The minimum atomic E-state index is -0.956. The fourth-order valence-corrected chi connectivity index (χ4v) is 2.80. The molecule has 0 fully saturated rings. The molecule has 0 unspecified atom stereocenters. The Hall–Kier alpha value is -4.13. The van der Waals surface area contributed by atoms with E-state index in [0.29, 0.717) is 0 Å². The number of phenolic OH excluding ortho intramolecular Hbond substituents is 1. The van der Waals surface area contributed by atoms with E-state index in [0.717, 1.165) is 40.6 Å². The van der Waals surface area contributed by atoms with Crippen molar-refractivity contribution in [2.24, 2.45) is 5.10 Å². The number of carbonyl (C=O) groups is 1. The van der Waals surface area contributed by atoms with Crippen molar-refractivity contribution in [1.29, 1.82) is 0 Å². The number of nitrogens with zero attached hydrogens (tertiary/aromatic N) is 5. The number of aromatic hydroxyl groups is 1. The van der Waals surface area contributed by atoms with Crippen LogP contribution in [0.5, 0.6) is 5.75 Å². The summed E-state index contributed by atoms with van der Waals surface area (Å²) in [5.41, 5.74) is 1.60. The van der Waals surface area contributed by atoms with Crippen molar-refractivity contribution in [3.63, 3.8) is 0 Å². The third-order valence-corrected chi connectivity index (χ3v) is 4.53. The van der Waals surface area contributed by atoms with Crippen LogP contribution in [0.15, 0.2) is 58.2 Å². The average Bonchev–Trinajstić information content (AvgIpc) is 3.15. The van der Waals surface area contributed by atoms with E-state index >= 15 is 0 Å². The Morgan fingerprint density at radius 3 is 2.55 bits per heavy atom. The molecule has 2 aromatic carbocycles. The Morgan fingerprint density at radius 2 is 1.90 bits per heavy atom. The van der Waals surface area contributed by atoms with Crippen molar-refractivity contribution >= 4 is 39.4 Å². The number of halogens is 1. The Kier molecular flexibility index (Phi) is 6.35. The first-order chi connectivity index (χ1) is 14.7. The minimum absolute atomic E-state index is 0.0234. The Labute approximate surface area is 182 Å². The van der Waals surface area contributed by atoms with Gasteiger partial charge in [0.05, 0.1) is 22.6 Å². The molecule has 0 spiro atoms. The van der Waals surface area contributed by atoms with Gasteiger partial charge in [0.25, 0.3) is 11.6 Å². The van der Waals surface area contributed by atoms with Crippen LogP contribution < -0.4 is 5.43 Å². The van der Waals surface area contributed by atoms with Gasteiger partial charge in [0.15, 0.2) is 0 Å². The predicted molar refractivity (Wildman–Crippen MR) is 112 cm³/mol. The van der Waals surface area contributed by atoms with E-state index in [-0.39, 0.29) is 23.5 Å². The summed E-state index contributed by atoms with van der Waals surface area (Å²) in [5.74, 6) is -1.25. The summed E-state index contributed by atoms with van der Waals surface area (Å²) in [6, 6.07) is 10.5. The molecule has 0 aliphatic carbocycles. The largest absolute Gasteiger partial charge is 0.507 e. The SMILES string of the molecule is O=C(N/N=C\c1cc([N+](=O)[O-])ccc1O)c1nn(Cc2ccc(Br)cc2)cc1[N+](=O)[O-]. The van der Waals surface area contributed by atoms with Gasteiger partial charge in [-0.15, -0.1) is 0 Å². The first kappa shape index (κ1) is 21.6. The van der Waals surface area contributed by atoms with E-state index in [2.05, 4.69) is 31.6 Å². The van der Waals surface area contributed by atoms with E-state index in [9.17, 15) is 30.1 Å². The van der Waals surface area contributed by atoms with Crippen molar-refractivity contribution in [3.8, 4) is 5.75 Å². The lowest BCUT2D eigenvalue weighted by atomic mass is 10.2. The molecule has 0 radical (unpaired) electrons. The first-order valence-corrected chi connectivity index (χ1v) is 9.31. The topological polar surface area (TPSA) is 166 Å². The second-order valence-electron chi connectivity index (χ2n) is 6.14. The number of benzene rings is 2. The Morgan fingerprint density at radius 1 is 1.19 bits per heavy atom. The number of hydrogen-bond donors (Lipinski definition) is 2. The molecule has 158 valence electrons. The maximum atomic E-state index is 12.3. The standard InChI is InChI=1S/C18H13BrN6O6/c19-13-3-1-11(2-4-13)9-23-10-15(25(30)31)17(22-23)18(27)21-20-8-12-7-14(24(28)29)5-6-16(12)26/h1-8,10,26H,9H2,(H,21,27)/b20-8-. The smallest absolute Gasteiger partial charge is 0.320 e. The molecule has 12 nitrogen and oxygen atoms in total. The Balaban J connectivity index is 1.78. The summed E-state index contributed by atoms with van der Waals surface area (Å²) in [6.07, 6.45) is 2.11. The van der Waals surface area contributed by atoms with Crippen molar-refractivity contribution in [1.82, 2.24) is 15.2 Å². The second-order valence-corrected chi connectivity index (χ2v) is 7.06. The Bertz CT molecular complexity index is 1190. The van der Waals surface area contributed by atoms with Crippen molar-refractivity contribution in [2.75, 3.05) is 0 Å². The molecule has 13 heteroatoms. The third-order valence-electron chi connectivity index (χ3n) is 4.00. The minimum Gasteiger partial charge on any atom is -0.507 e. The van der Waals surface area contributed by atoms with Gasteiger partial charge in [-0.3, -0.25) is 29.7 Å². The monoisotopic (exact) mass is 488 g/mol. The maximum Gasteiger partial charge on any atom is 0.320 e. The van der Waals surface area contributed by atoms with Crippen LogP contribution in [0.2, 0.25) is 0 Å². The number of hydrogen-bond acceptors (Lipinski definition) is 8. The fraction of sp³-hybridized carbons (Fsp3) is 0.0556. The zero-order valence-corrected chi connectivity index (χ0v) is 17.1. The van der Waals surface area contributed by atoms with Crippen LogP contribution in [0.3, 0.4) is 0 Å². The van der Waals surface area contributed by atoms with Gasteiger partial charge in [-0.05, 0) is 23.8 Å². The number of phenols is 1. The number of hydrazone groups is 1. The quantitative estimate of drug-likeness (QED) is 0.292. The lowest BCUT2D eigenvalue weighted by molar-refractivity contribution is -0.385. The molecule has 1 aromatic heterocycles. The summed E-state index contributed by atoms with van der Waals surface area (Å²) in [4.78, 5) is 33.1. The summed E-state index contributed by atoms with van der Waals surface area (Å²) >= 11 is 3.31. The fourth-order valence-electron chi connectivity index (χ4n) is 2.54. The van der Waals surface area contributed by atoms with Crippen LogP contribution in [0.1, 0.15) is 21.6 Å². The number of nitro benzene ring substituents is 1. The molecule has 0 aliphatic rings. The number of aromatic nitrogens is 2. The maximum absolute atomic E-state index is 12.3. The molecule has 0 saturated carbocycles. The first-order valence-electron chi connectivity index (χ1n) is 8.51. The molecular formula is C18H13BrN6O6. The number of carbonyl (C=O) groups excluding carboxylic acids is 1. The summed E-state index contributed by atoms with van der Waals surface area (Å²) < 4.78 is 2.13. The van der Waals surface area contributed by atoms with Gasteiger partial charge >= 0.3 is 5.69 Å². The average molecular weight is 489 g/mol. The van der Waals surface area contributed by atoms with Gasteiger partial charge in [0, 0.05) is 22.2 Å². The molecule has 31 heavy (non-hydrogen) atoms. The van der Waals surface area contributed by atoms with Crippen molar-refractivity contribution in [2.45, 2.75) is 6.54 Å². The van der Waals surface area contributed by atoms with Gasteiger partial charge < -0.3 is 5.11 Å². The molecule has 3 rings (SSSR count). The van der Waals surface area contributed by atoms with E-state index in [1.807, 2.05) is 0 Å². The molecule has 0 aliphatic heterocycles. The van der Waals surface area contributed by atoms with Crippen LogP contribution in [-0.4, -0.2) is 36.9 Å². The second kappa shape index (κ2) is 9.13. The summed E-state index contributed by atoms with van der Waals surface area (Å²) in [5, 5.41) is 39.4. The highest BCUT2D eigenvalue weighted by Crippen LogP contribution is 2.21. The summed E-state index contributed by atoms with van der Waals surface area (Å²) in [6.45, 7) is 0.201. The lowest BCUT2D eigenvalue weighted by Gasteiger charge is -2.01. The predicted octanol–water partition coefficient (Wildman–Crippen LogP) is 2.98. The van der Waals surface area contributed by atoms with Crippen LogP contribution in [0.25, 0.3) is 0 Å². The van der Waals surface area contributed by atoms with Crippen LogP contribution in [0.4, 0.5) is 11.4 Å². The highest BCUT2D eigenvalue weighted by atomic mass is 79.9. The van der Waals surface area contributed by atoms with Gasteiger partial charge in [0.1, 0.15) is 11.9 Å². The van der Waals surface area contributed by atoms with Gasteiger partial charge in [0.2, 0.25) is 5.69 Å². The van der Waals surface area contributed by atoms with E-state index < -0.39 is 27.1 Å². The van der Waals surface area contributed by atoms with E-state index in [1.165, 1.54) is 4.68 Å². The van der Waals surface area contributed by atoms with Crippen molar-refractivity contribution in [3.05, 3.63) is 90.2 Å². The van der Waals surface area contributed by atoms with Crippen LogP contribution in [0, 0.1) is 20.2 Å².